The highest BCUT2D eigenvalue weighted by molar-refractivity contribution is 9.10. The van der Waals surface area contributed by atoms with Gasteiger partial charge in [0.1, 0.15) is 5.75 Å². The molecular weight excluding hydrogens is 312 g/mol. The maximum atomic E-state index is 11.5. The minimum atomic E-state index is 0.0580. The molecule has 0 atom stereocenters. The van der Waals surface area contributed by atoms with Gasteiger partial charge in [0.05, 0.1) is 12.4 Å². The van der Waals surface area contributed by atoms with Gasteiger partial charge in [-0.25, -0.2) is 0 Å². The van der Waals surface area contributed by atoms with E-state index in [-0.39, 0.29) is 5.78 Å². The lowest BCUT2D eigenvalue weighted by Gasteiger charge is -2.08. The molecule has 1 aromatic rings. The summed E-state index contributed by atoms with van der Waals surface area (Å²) in [4.78, 5) is 11.5. The van der Waals surface area contributed by atoms with Gasteiger partial charge >= 0.3 is 0 Å². The molecule has 0 aliphatic heterocycles. The van der Waals surface area contributed by atoms with Crippen molar-refractivity contribution in [1.29, 1.82) is 0 Å². The van der Waals surface area contributed by atoms with Crippen molar-refractivity contribution in [2.45, 2.75) is 6.92 Å². The molecule has 0 unspecified atom stereocenters. The normalized spacial score (nSPS) is 10.0. The summed E-state index contributed by atoms with van der Waals surface area (Å²) in [6.07, 6.45) is 0. The van der Waals surface area contributed by atoms with Crippen LogP contribution in [0.15, 0.2) is 16.6 Å². The van der Waals surface area contributed by atoms with Gasteiger partial charge in [-0.15, -0.1) is 0 Å². The summed E-state index contributed by atoms with van der Waals surface area (Å²) in [5, 5.41) is 0.331. The minimum Gasteiger partial charge on any atom is -0.496 e. The van der Waals surface area contributed by atoms with Crippen molar-refractivity contribution >= 4 is 37.6 Å². The molecule has 0 spiro atoms. The Labute approximate surface area is 99.9 Å². The van der Waals surface area contributed by atoms with Crippen LogP contribution in [0.25, 0.3) is 0 Å². The number of hydrogen-bond acceptors (Lipinski definition) is 2. The number of alkyl halides is 1. The number of aryl methyl sites for hydroxylation is 1. The largest absolute Gasteiger partial charge is 0.496 e. The first-order valence-electron chi connectivity index (χ1n) is 4.03. The van der Waals surface area contributed by atoms with Crippen molar-refractivity contribution in [1.82, 2.24) is 0 Å². The summed E-state index contributed by atoms with van der Waals surface area (Å²) < 4.78 is 5.91. The summed E-state index contributed by atoms with van der Waals surface area (Å²) in [6, 6.07) is 3.64. The lowest BCUT2D eigenvalue weighted by molar-refractivity contribution is 0.102. The van der Waals surface area contributed by atoms with E-state index in [1.54, 1.807) is 7.11 Å². The van der Waals surface area contributed by atoms with Gasteiger partial charge in [-0.3, -0.25) is 4.79 Å². The zero-order valence-corrected chi connectivity index (χ0v) is 11.1. The first-order chi connectivity index (χ1) is 6.60. The molecular formula is C10H10Br2O2. The van der Waals surface area contributed by atoms with Gasteiger partial charge in [0.15, 0.2) is 5.78 Å². The molecule has 4 heteroatoms. The van der Waals surface area contributed by atoms with Crippen LogP contribution < -0.4 is 4.74 Å². The monoisotopic (exact) mass is 320 g/mol. The number of carbonyl (C=O) groups excluding carboxylic acids is 1. The summed E-state index contributed by atoms with van der Waals surface area (Å²) in [5.74, 6) is 0.839. The third kappa shape index (κ3) is 2.36. The van der Waals surface area contributed by atoms with Crippen LogP contribution >= 0.6 is 31.9 Å². The van der Waals surface area contributed by atoms with Crippen LogP contribution in [0.1, 0.15) is 15.9 Å². The second kappa shape index (κ2) is 4.94. The van der Waals surface area contributed by atoms with Crippen molar-refractivity contribution < 1.29 is 9.53 Å². The van der Waals surface area contributed by atoms with E-state index in [0.717, 1.165) is 15.8 Å². The molecule has 0 saturated carbocycles. The number of ketones is 1. The van der Waals surface area contributed by atoms with Gasteiger partial charge in [0, 0.05) is 10.0 Å². The molecule has 0 aliphatic carbocycles. The maximum absolute atomic E-state index is 11.5. The Hall–Kier alpha value is -0.350. The maximum Gasteiger partial charge on any atom is 0.174 e. The van der Waals surface area contributed by atoms with Crippen molar-refractivity contribution in [3.05, 3.63) is 27.7 Å². The molecule has 14 heavy (non-hydrogen) atoms. The average Bonchev–Trinajstić information content (AvgIpc) is 2.19. The van der Waals surface area contributed by atoms with Gasteiger partial charge in [-0.1, -0.05) is 15.9 Å². The molecule has 0 radical (unpaired) electrons. The molecule has 76 valence electrons. The summed E-state index contributed by atoms with van der Waals surface area (Å²) in [5.41, 5.74) is 1.64. The van der Waals surface area contributed by atoms with E-state index in [1.807, 2.05) is 19.1 Å². The average molecular weight is 322 g/mol. The fraction of sp³-hybridized carbons (Fsp3) is 0.300. The van der Waals surface area contributed by atoms with Gasteiger partial charge in [0.2, 0.25) is 0 Å². The third-order valence-electron chi connectivity index (χ3n) is 1.91. The Kier molecular flexibility index (Phi) is 4.13. The third-order valence-corrected chi connectivity index (χ3v) is 3.07. The van der Waals surface area contributed by atoms with E-state index in [9.17, 15) is 4.79 Å². The van der Waals surface area contributed by atoms with Crippen LogP contribution in [-0.2, 0) is 0 Å². The topological polar surface area (TPSA) is 26.3 Å². The van der Waals surface area contributed by atoms with Crippen molar-refractivity contribution in [2.75, 3.05) is 12.4 Å². The Morgan fingerprint density at radius 1 is 1.50 bits per heavy atom. The highest BCUT2D eigenvalue weighted by Crippen LogP contribution is 2.27. The van der Waals surface area contributed by atoms with Gasteiger partial charge in [0.25, 0.3) is 0 Å². The van der Waals surface area contributed by atoms with Crippen LogP contribution in [-0.4, -0.2) is 18.2 Å². The first-order valence-corrected chi connectivity index (χ1v) is 5.95. The predicted molar refractivity (Wildman–Crippen MR) is 63.6 cm³/mol. The second-order valence-electron chi connectivity index (χ2n) is 2.86. The Bertz CT molecular complexity index is 361. The molecule has 0 saturated heterocycles. The Balaban J connectivity index is 3.21. The number of halogens is 2. The molecule has 0 N–H and O–H groups in total. The number of benzene rings is 1. The Morgan fingerprint density at radius 2 is 2.14 bits per heavy atom. The minimum absolute atomic E-state index is 0.0580. The van der Waals surface area contributed by atoms with E-state index in [0.29, 0.717) is 10.9 Å². The van der Waals surface area contributed by atoms with Crippen molar-refractivity contribution in [2.24, 2.45) is 0 Å². The molecule has 0 amide bonds. The molecule has 0 aliphatic rings. The van der Waals surface area contributed by atoms with Crippen LogP contribution in [0.2, 0.25) is 0 Å². The second-order valence-corrected chi connectivity index (χ2v) is 4.27. The summed E-state index contributed by atoms with van der Waals surface area (Å²) in [7, 11) is 1.61. The van der Waals surface area contributed by atoms with E-state index >= 15 is 0 Å². The van der Waals surface area contributed by atoms with Gasteiger partial charge in [-0.2, -0.15) is 0 Å². The zero-order chi connectivity index (χ0) is 10.7. The molecule has 0 heterocycles. The SMILES string of the molecule is COc1cc(Br)c(C(=O)CBr)cc1C. The van der Waals surface area contributed by atoms with E-state index in [4.69, 9.17) is 4.74 Å². The fourth-order valence-corrected chi connectivity index (χ4v) is 2.01. The summed E-state index contributed by atoms with van der Waals surface area (Å²) >= 11 is 6.49. The highest BCUT2D eigenvalue weighted by Gasteiger charge is 2.11. The molecule has 1 aromatic carbocycles. The van der Waals surface area contributed by atoms with Crippen molar-refractivity contribution in [3.8, 4) is 5.75 Å². The lowest BCUT2D eigenvalue weighted by atomic mass is 10.1. The number of rotatable bonds is 3. The van der Waals surface area contributed by atoms with Gasteiger partial charge in [-0.05, 0) is 40.5 Å². The summed E-state index contributed by atoms with van der Waals surface area (Å²) in [6.45, 7) is 1.91. The number of carbonyl (C=O) groups is 1. The number of hydrogen-bond donors (Lipinski definition) is 0. The molecule has 2 nitrogen and oxygen atoms in total. The smallest absolute Gasteiger partial charge is 0.174 e. The zero-order valence-electron chi connectivity index (χ0n) is 7.93. The highest BCUT2D eigenvalue weighted by atomic mass is 79.9. The number of ether oxygens (including phenoxy) is 1. The van der Waals surface area contributed by atoms with Crippen LogP contribution in [0, 0.1) is 6.92 Å². The standard InChI is InChI=1S/C10H10Br2O2/c1-6-3-7(9(13)5-11)8(12)4-10(6)14-2/h3-4H,5H2,1-2H3. The molecule has 0 bridgehead atoms. The van der Waals surface area contributed by atoms with E-state index in [1.165, 1.54) is 0 Å². The van der Waals surface area contributed by atoms with Crippen molar-refractivity contribution in [3.63, 3.8) is 0 Å². The Morgan fingerprint density at radius 3 is 2.64 bits per heavy atom. The van der Waals surface area contributed by atoms with Gasteiger partial charge < -0.3 is 4.74 Å². The lowest BCUT2D eigenvalue weighted by Crippen LogP contribution is -2.02. The van der Waals surface area contributed by atoms with E-state index < -0.39 is 0 Å². The molecule has 0 aromatic heterocycles. The number of Topliss-reactive ketones (excluding diaryl/α,β-unsaturated/α-hetero) is 1. The quantitative estimate of drug-likeness (QED) is 0.630. The fourth-order valence-electron chi connectivity index (χ4n) is 1.17. The number of methoxy groups -OCH3 is 1. The first kappa shape index (κ1) is 11.7. The molecule has 1 rings (SSSR count). The van der Waals surface area contributed by atoms with Crippen LogP contribution in [0.3, 0.4) is 0 Å². The van der Waals surface area contributed by atoms with Crippen LogP contribution in [0.5, 0.6) is 5.75 Å². The predicted octanol–water partition coefficient (Wildman–Crippen LogP) is 3.34. The van der Waals surface area contributed by atoms with Crippen LogP contribution in [0.4, 0.5) is 0 Å². The van der Waals surface area contributed by atoms with E-state index in [2.05, 4.69) is 31.9 Å². The molecule has 0 fully saturated rings.